The number of nitrogens with zero attached hydrogens (tertiary/aromatic N) is 3. The van der Waals surface area contributed by atoms with Crippen molar-refractivity contribution >= 4 is 17.5 Å². The second kappa shape index (κ2) is 4.96. The molecule has 1 aliphatic rings. The highest BCUT2D eigenvalue weighted by Crippen LogP contribution is 2.34. The molecule has 8 heteroatoms. The second-order valence-electron chi connectivity index (χ2n) is 5.44. The number of aryl methyl sites for hydroxylation is 1. The van der Waals surface area contributed by atoms with Crippen LogP contribution in [0.4, 0.5) is 11.5 Å². The first-order valence-corrected chi connectivity index (χ1v) is 7.19. The summed E-state index contributed by atoms with van der Waals surface area (Å²) in [7, 11) is 0. The van der Waals surface area contributed by atoms with Gasteiger partial charge < -0.3 is 10.6 Å². The molecule has 4 rings (SSSR count). The highest BCUT2D eigenvalue weighted by molar-refractivity contribution is 6.05. The number of para-hydroxylation sites is 1. The standard InChI is InChI=1S/C15H16N8/c1-9-7-12(22-21-9)15(16)11-8-17-23-13(11)19-14(20-15)18-10-5-3-2-4-6-10/h2-8H,16H2,1H3,(H,21,22)(H3,17,18,19,20,23). The molecule has 1 unspecified atom stereocenters. The van der Waals surface area contributed by atoms with E-state index in [-0.39, 0.29) is 0 Å². The van der Waals surface area contributed by atoms with Gasteiger partial charge in [0.25, 0.3) is 0 Å². The van der Waals surface area contributed by atoms with Gasteiger partial charge >= 0.3 is 0 Å². The van der Waals surface area contributed by atoms with E-state index in [0.29, 0.717) is 17.5 Å². The van der Waals surface area contributed by atoms with Gasteiger partial charge in [-0.2, -0.15) is 10.2 Å². The van der Waals surface area contributed by atoms with E-state index in [0.717, 1.165) is 16.9 Å². The lowest BCUT2D eigenvalue weighted by atomic mass is 9.98. The Hall–Kier alpha value is -3.13. The third-order valence-electron chi connectivity index (χ3n) is 3.71. The Kier molecular flexibility index (Phi) is 2.91. The van der Waals surface area contributed by atoms with Crippen LogP contribution in [0.15, 0.2) is 47.6 Å². The van der Waals surface area contributed by atoms with Crippen molar-refractivity contribution in [2.45, 2.75) is 12.6 Å². The molecule has 1 aromatic carbocycles. The summed E-state index contributed by atoms with van der Waals surface area (Å²) in [6.45, 7) is 1.92. The van der Waals surface area contributed by atoms with E-state index >= 15 is 0 Å². The van der Waals surface area contributed by atoms with Crippen molar-refractivity contribution in [1.29, 1.82) is 0 Å². The van der Waals surface area contributed by atoms with Crippen molar-refractivity contribution in [1.82, 2.24) is 20.4 Å². The fourth-order valence-corrected chi connectivity index (χ4v) is 2.58. The highest BCUT2D eigenvalue weighted by Gasteiger charge is 2.39. The molecule has 116 valence electrons. The molecule has 3 heterocycles. The predicted molar refractivity (Wildman–Crippen MR) is 88.0 cm³/mol. The number of nitrogens with one attached hydrogen (secondary N) is 4. The number of guanidine groups is 1. The monoisotopic (exact) mass is 308 g/mol. The Morgan fingerprint density at radius 3 is 2.74 bits per heavy atom. The zero-order valence-corrected chi connectivity index (χ0v) is 12.5. The minimum Gasteiger partial charge on any atom is -0.326 e. The maximum absolute atomic E-state index is 6.58. The van der Waals surface area contributed by atoms with Gasteiger partial charge in [0.2, 0.25) is 5.96 Å². The third kappa shape index (κ3) is 2.25. The van der Waals surface area contributed by atoms with Crippen LogP contribution in [-0.4, -0.2) is 26.4 Å². The number of benzene rings is 1. The highest BCUT2D eigenvalue weighted by atomic mass is 15.3. The number of fused-ring (bicyclic) bond motifs is 1. The van der Waals surface area contributed by atoms with Gasteiger partial charge in [0.15, 0.2) is 5.66 Å². The molecule has 1 aliphatic heterocycles. The molecule has 6 N–H and O–H groups in total. The smallest absolute Gasteiger partial charge is 0.204 e. The second-order valence-corrected chi connectivity index (χ2v) is 5.44. The summed E-state index contributed by atoms with van der Waals surface area (Å²) < 4.78 is 0. The lowest BCUT2D eigenvalue weighted by molar-refractivity contribution is 0.547. The molecule has 0 saturated carbocycles. The number of hydrogen-bond acceptors (Lipinski definition) is 6. The number of aromatic amines is 2. The van der Waals surface area contributed by atoms with Gasteiger partial charge in [-0.25, -0.2) is 4.99 Å². The van der Waals surface area contributed by atoms with Crippen LogP contribution in [0, 0.1) is 6.92 Å². The quantitative estimate of drug-likeness (QED) is 0.491. The lowest BCUT2D eigenvalue weighted by Crippen LogP contribution is -2.43. The van der Waals surface area contributed by atoms with Crippen molar-refractivity contribution in [3.63, 3.8) is 0 Å². The van der Waals surface area contributed by atoms with Gasteiger partial charge in [-0.15, -0.1) is 0 Å². The van der Waals surface area contributed by atoms with E-state index in [1.807, 2.05) is 43.3 Å². The topological polar surface area (TPSA) is 120 Å². The summed E-state index contributed by atoms with van der Waals surface area (Å²) in [6, 6.07) is 11.6. The molecule has 3 aromatic rings. The van der Waals surface area contributed by atoms with E-state index in [4.69, 9.17) is 5.73 Å². The van der Waals surface area contributed by atoms with E-state index in [1.165, 1.54) is 0 Å². The van der Waals surface area contributed by atoms with Gasteiger partial charge in [0.05, 0.1) is 11.8 Å². The number of rotatable bonds is 2. The first kappa shape index (κ1) is 13.5. The summed E-state index contributed by atoms with van der Waals surface area (Å²) in [6.07, 6.45) is 1.66. The molecular weight excluding hydrogens is 292 g/mol. The van der Waals surface area contributed by atoms with Crippen molar-refractivity contribution < 1.29 is 0 Å². The lowest BCUT2D eigenvalue weighted by Gasteiger charge is -2.29. The molecule has 0 bridgehead atoms. The molecule has 23 heavy (non-hydrogen) atoms. The van der Waals surface area contributed by atoms with E-state index in [2.05, 4.69) is 36.0 Å². The molecule has 0 radical (unpaired) electrons. The van der Waals surface area contributed by atoms with Crippen molar-refractivity contribution in [3.8, 4) is 0 Å². The first-order valence-electron chi connectivity index (χ1n) is 7.19. The van der Waals surface area contributed by atoms with Gasteiger partial charge in [-0.05, 0) is 25.1 Å². The molecule has 1 atom stereocenters. The summed E-state index contributed by atoms with van der Waals surface area (Å²) in [5.41, 5.74) is 8.66. The van der Waals surface area contributed by atoms with Crippen LogP contribution in [0.5, 0.6) is 0 Å². The maximum Gasteiger partial charge on any atom is 0.204 e. The van der Waals surface area contributed by atoms with Crippen LogP contribution in [0.25, 0.3) is 0 Å². The van der Waals surface area contributed by atoms with Gasteiger partial charge in [0, 0.05) is 11.4 Å². The number of hydrogen-bond donors (Lipinski definition) is 5. The zero-order chi connectivity index (χ0) is 15.9. The summed E-state index contributed by atoms with van der Waals surface area (Å²) in [5, 5.41) is 20.5. The number of nitrogens with two attached hydrogens (primary N) is 1. The Morgan fingerprint density at radius 1 is 1.17 bits per heavy atom. The maximum atomic E-state index is 6.58. The SMILES string of the molecule is Cc1cc(C2(N)N=C(Nc3ccccc3)Nc3[nH]ncc32)n[nH]1. The predicted octanol–water partition coefficient (Wildman–Crippen LogP) is 1.49. The average Bonchev–Trinajstić information content (AvgIpc) is 3.18. The molecule has 8 nitrogen and oxygen atoms in total. The fraction of sp³-hybridized carbons (Fsp3) is 0.133. The van der Waals surface area contributed by atoms with Crippen LogP contribution >= 0.6 is 0 Å². The van der Waals surface area contributed by atoms with Crippen LogP contribution in [0.3, 0.4) is 0 Å². The summed E-state index contributed by atoms with van der Waals surface area (Å²) >= 11 is 0. The van der Waals surface area contributed by atoms with Gasteiger partial charge in [-0.1, -0.05) is 18.2 Å². The Morgan fingerprint density at radius 2 is 2.00 bits per heavy atom. The van der Waals surface area contributed by atoms with Crippen LogP contribution < -0.4 is 16.4 Å². The van der Waals surface area contributed by atoms with Crippen LogP contribution in [0.1, 0.15) is 17.0 Å². The number of aliphatic imine (C=N–C) groups is 1. The van der Waals surface area contributed by atoms with E-state index < -0.39 is 5.66 Å². The molecule has 0 saturated heterocycles. The van der Waals surface area contributed by atoms with E-state index in [9.17, 15) is 0 Å². The van der Waals surface area contributed by atoms with Crippen molar-refractivity contribution in [2.75, 3.05) is 10.6 Å². The molecular formula is C15H16N8. The Bertz CT molecular complexity index is 863. The summed E-state index contributed by atoms with van der Waals surface area (Å²) in [4.78, 5) is 4.64. The molecule has 0 amide bonds. The Balaban J connectivity index is 1.77. The fourth-order valence-electron chi connectivity index (χ4n) is 2.58. The normalized spacial score (nSPS) is 19.7. The molecule has 0 spiro atoms. The van der Waals surface area contributed by atoms with Crippen molar-refractivity contribution in [3.05, 3.63) is 59.5 Å². The Labute approximate surface area is 132 Å². The minimum absolute atomic E-state index is 0.524. The minimum atomic E-state index is -1.12. The van der Waals surface area contributed by atoms with Crippen LogP contribution in [-0.2, 0) is 5.66 Å². The largest absolute Gasteiger partial charge is 0.326 e. The van der Waals surface area contributed by atoms with Crippen LogP contribution in [0.2, 0.25) is 0 Å². The average molecular weight is 308 g/mol. The number of aromatic nitrogens is 4. The molecule has 0 aliphatic carbocycles. The van der Waals surface area contributed by atoms with Gasteiger partial charge in [0.1, 0.15) is 11.5 Å². The van der Waals surface area contributed by atoms with Crippen molar-refractivity contribution in [2.24, 2.45) is 10.7 Å². The third-order valence-corrected chi connectivity index (χ3v) is 3.71. The van der Waals surface area contributed by atoms with Gasteiger partial charge in [-0.3, -0.25) is 15.9 Å². The molecule has 2 aromatic heterocycles. The first-order chi connectivity index (χ1) is 11.1. The molecule has 0 fully saturated rings. The number of anilines is 2. The summed E-state index contributed by atoms with van der Waals surface area (Å²) in [5.74, 6) is 1.22. The zero-order valence-electron chi connectivity index (χ0n) is 12.5. The van der Waals surface area contributed by atoms with E-state index in [1.54, 1.807) is 6.20 Å². The number of H-pyrrole nitrogens is 2.